The molecular formula is C11H14ClFO. The van der Waals surface area contributed by atoms with Crippen LogP contribution in [0.2, 0.25) is 5.02 Å². The van der Waals surface area contributed by atoms with Gasteiger partial charge in [-0.15, -0.1) is 0 Å². The molecule has 0 bridgehead atoms. The molecule has 0 N–H and O–H groups in total. The number of halogens is 2. The van der Waals surface area contributed by atoms with E-state index in [1.807, 2.05) is 6.07 Å². The summed E-state index contributed by atoms with van der Waals surface area (Å²) in [7, 11) is 0. The maximum absolute atomic E-state index is 12.0. The van der Waals surface area contributed by atoms with E-state index in [9.17, 15) is 4.53 Å². The van der Waals surface area contributed by atoms with Crippen LogP contribution >= 0.6 is 11.6 Å². The Morgan fingerprint density at radius 3 is 2.50 bits per heavy atom. The lowest BCUT2D eigenvalue weighted by Gasteiger charge is -2.18. The lowest BCUT2D eigenvalue weighted by Crippen LogP contribution is -2.08. The molecule has 78 valence electrons. The fourth-order valence-electron chi connectivity index (χ4n) is 1.33. The molecule has 1 nitrogen and oxygen atoms in total. The minimum absolute atomic E-state index is 0.0911. The summed E-state index contributed by atoms with van der Waals surface area (Å²) in [6, 6.07) is 5.17. The van der Waals surface area contributed by atoms with Gasteiger partial charge in [-0.2, -0.15) is 0 Å². The van der Waals surface area contributed by atoms with Gasteiger partial charge in [-0.05, 0) is 29.5 Å². The van der Waals surface area contributed by atoms with Crippen molar-refractivity contribution in [3.63, 3.8) is 0 Å². The van der Waals surface area contributed by atoms with E-state index in [4.69, 9.17) is 11.6 Å². The van der Waals surface area contributed by atoms with Gasteiger partial charge in [0.1, 0.15) is 0 Å². The summed E-state index contributed by atoms with van der Waals surface area (Å²) in [4.78, 5) is 3.67. The second-order valence-corrected chi connectivity index (χ2v) is 4.99. The highest BCUT2D eigenvalue weighted by Gasteiger charge is 2.13. The third kappa shape index (κ3) is 3.18. The van der Waals surface area contributed by atoms with Crippen molar-refractivity contribution in [2.24, 2.45) is 5.41 Å². The molecule has 0 saturated heterocycles. The Balaban J connectivity index is 2.90. The van der Waals surface area contributed by atoms with E-state index < -0.39 is 0 Å². The first-order valence-electron chi connectivity index (χ1n) is 4.49. The highest BCUT2D eigenvalue weighted by atomic mass is 35.5. The fourth-order valence-corrected chi connectivity index (χ4v) is 1.48. The average Bonchev–Trinajstić information content (AvgIpc) is 2.06. The van der Waals surface area contributed by atoms with Crippen molar-refractivity contribution in [2.75, 3.05) is 0 Å². The van der Waals surface area contributed by atoms with Crippen LogP contribution in [0, 0.1) is 5.41 Å². The molecule has 0 aromatic heterocycles. The Morgan fingerprint density at radius 1 is 1.36 bits per heavy atom. The van der Waals surface area contributed by atoms with Gasteiger partial charge in [-0.25, -0.2) is 0 Å². The predicted octanol–water partition coefficient (Wildman–Crippen LogP) is 4.19. The van der Waals surface area contributed by atoms with Gasteiger partial charge in [-0.3, -0.25) is 4.94 Å². The maximum atomic E-state index is 12.0. The van der Waals surface area contributed by atoms with E-state index in [1.54, 1.807) is 12.1 Å². The molecule has 0 amide bonds. The zero-order chi connectivity index (χ0) is 10.8. The molecule has 0 saturated carbocycles. The Bertz CT molecular complexity index is 318. The zero-order valence-electron chi connectivity index (χ0n) is 8.60. The third-order valence-corrected chi connectivity index (χ3v) is 2.13. The highest BCUT2D eigenvalue weighted by molar-refractivity contribution is 6.32. The standard InChI is InChI=1S/C11H14ClFO/c1-11(2,3)7-8-4-5-9(12)10(6-8)14-13/h4-6H,7H2,1-3H3. The molecule has 0 unspecified atom stereocenters. The predicted molar refractivity (Wildman–Crippen MR) is 56.3 cm³/mol. The average molecular weight is 217 g/mol. The van der Waals surface area contributed by atoms with Gasteiger partial charge in [0.05, 0.1) is 5.02 Å². The van der Waals surface area contributed by atoms with Crippen molar-refractivity contribution in [3.05, 3.63) is 28.8 Å². The quantitative estimate of drug-likeness (QED) is 0.720. The van der Waals surface area contributed by atoms with Gasteiger partial charge in [0.25, 0.3) is 0 Å². The SMILES string of the molecule is CC(C)(C)Cc1ccc(Cl)c(OF)c1. The molecule has 14 heavy (non-hydrogen) atoms. The summed E-state index contributed by atoms with van der Waals surface area (Å²) < 4.78 is 12.0. The Labute approximate surface area is 88.7 Å². The van der Waals surface area contributed by atoms with E-state index in [0.717, 1.165) is 12.0 Å². The van der Waals surface area contributed by atoms with Crippen molar-refractivity contribution < 1.29 is 9.47 Å². The molecule has 1 aromatic rings. The molecule has 0 fully saturated rings. The Hall–Kier alpha value is -0.760. The van der Waals surface area contributed by atoms with E-state index in [2.05, 4.69) is 25.7 Å². The monoisotopic (exact) mass is 216 g/mol. The highest BCUT2D eigenvalue weighted by Crippen LogP contribution is 2.29. The van der Waals surface area contributed by atoms with Crippen LogP contribution in [-0.4, -0.2) is 0 Å². The molecule has 0 aliphatic rings. The first-order chi connectivity index (χ1) is 6.42. The largest absolute Gasteiger partial charge is 0.293 e. The summed E-state index contributed by atoms with van der Waals surface area (Å²) in [5.41, 5.74) is 1.19. The van der Waals surface area contributed by atoms with Crippen molar-refractivity contribution in [1.82, 2.24) is 0 Å². The van der Waals surface area contributed by atoms with Crippen LogP contribution in [-0.2, 0) is 6.42 Å². The summed E-state index contributed by atoms with van der Waals surface area (Å²) in [5.74, 6) is 0.0911. The molecule has 0 heterocycles. The van der Waals surface area contributed by atoms with Crippen LogP contribution in [0.15, 0.2) is 18.2 Å². The van der Waals surface area contributed by atoms with Crippen LogP contribution in [0.25, 0.3) is 0 Å². The molecule has 3 heteroatoms. The minimum atomic E-state index is 0.0911. The van der Waals surface area contributed by atoms with E-state index in [1.165, 1.54) is 0 Å². The second kappa shape index (κ2) is 4.18. The second-order valence-electron chi connectivity index (χ2n) is 4.58. The third-order valence-electron chi connectivity index (χ3n) is 1.81. The van der Waals surface area contributed by atoms with Gasteiger partial charge in [0.15, 0.2) is 5.75 Å². The van der Waals surface area contributed by atoms with Gasteiger partial charge in [0, 0.05) is 4.53 Å². The van der Waals surface area contributed by atoms with E-state index in [-0.39, 0.29) is 11.2 Å². The van der Waals surface area contributed by atoms with Gasteiger partial charge in [-0.1, -0.05) is 38.4 Å². The molecular weight excluding hydrogens is 203 g/mol. The maximum Gasteiger partial charge on any atom is 0.190 e. The van der Waals surface area contributed by atoms with Crippen molar-refractivity contribution >= 4 is 11.6 Å². The molecule has 0 atom stereocenters. The lowest BCUT2D eigenvalue weighted by atomic mass is 9.88. The normalized spacial score (nSPS) is 11.5. The number of benzene rings is 1. The van der Waals surface area contributed by atoms with Crippen LogP contribution in [0.5, 0.6) is 5.75 Å². The fraction of sp³-hybridized carbons (Fsp3) is 0.455. The van der Waals surface area contributed by atoms with Crippen molar-refractivity contribution in [3.8, 4) is 5.75 Å². The van der Waals surface area contributed by atoms with Gasteiger partial charge < -0.3 is 0 Å². The number of hydrogen-bond acceptors (Lipinski definition) is 1. The van der Waals surface area contributed by atoms with Crippen molar-refractivity contribution in [1.29, 1.82) is 0 Å². The topological polar surface area (TPSA) is 9.23 Å². The molecule has 0 aliphatic heterocycles. The van der Waals surface area contributed by atoms with Crippen LogP contribution in [0.3, 0.4) is 0 Å². The first-order valence-corrected chi connectivity index (χ1v) is 4.87. The van der Waals surface area contributed by atoms with E-state index >= 15 is 0 Å². The lowest BCUT2D eigenvalue weighted by molar-refractivity contribution is -0.00618. The summed E-state index contributed by atoms with van der Waals surface area (Å²) in [6.45, 7) is 6.37. The molecule has 1 aromatic carbocycles. The smallest absolute Gasteiger partial charge is 0.190 e. The molecule has 0 spiro atoms. The van der Waals surface area contributed by atoms with Crippen molar-refractivity contribution in [2.45, 2.75) is 27.2 Å². The van der Waals surface area contributed by atoms with E-state index in [0.29, 0.717) is 5.02 Å². The molecule has 1 rings (SSSR count). The zero-order valence-corrected chi connectivity index (χ0v) is 9.36. The summed E-state index contributed by atoms with van der Waals surface area (Å²) >= 11 is 5.70. The van der Waals surface area contributed by atoms with Crippen LogP contribution in [0.1, 0.15) is 26.3 Å². The summed E-state index contributed by atoms with van der Waals surface area (Å²) in [6.07, 6.45) is 0.862. The van der Waals surface area contributed by atoms with Crippen LogP contribution < -0.4 is 4.94 Å². The Kier molecular flexibility index (Phi) is 3.38. The Morgan fingerprint density at radius 2 is 2.00 bits per heavy atom. The van der Waals surface area contributed by atoms with Crippen LogP contribution in [0.4, 0.5) is 4.53 Å². The summed E-state index contributed by atoms with van der Waals surface area (Å²) in [5, 5.41) is 0.296. The van der Waals surface area contributed by atoms with Gasteiger partial charge in [0.2, 0.25) is 0 Å². The minimum Gasteiger partial charge on any atom is -0.293 e. The molecule has 0 aliphatic carbocycles. The van der Waals surface area contributed by atoms with Gasteiger partial charge >= 0.3 is 0 Å². The molecule has 0 radical (unpaired) electrons. The first kappa shape index (κ1) is 11.3. The number of hydrogen-bond donors (Lipinski definition) is 0. The number of rotatable bonds is 2.